The summed E-state index contributed by atoms with van der Waals surface area (Å²) >= 11 is 12.2. The zero-order chi connectivity index (χ0) is 16.7. The molecule has 0 radical (unpaired) electrons. The lowest BCUT2D eigenvalue weighted by Gasteiger charge is -2.08. The molecule has 4 nitrogen and oxygen atoms in total. The molecule has 0 aliphatic carbocycles. The summed E-state index contributed by atoms with van der Waals surface area (Å²) in [5, 5.41) is 3.75. The molecule has 0 aliphatic heterocycles. The summed E-state index contributed by atoms with van der Waals surface area (Å²) < 4.78 is 1.62. The first-order valence-corrected chi connectivity index (χ1v) is 7.84. The van der Waals surface area contributed by atoms with E-state index in [9.17, 15) is 4.79 Å². The fraction of sp³-hybridized carbons (Fsp3) is 0.176. The second-order valence-electron chi connectivity index (χ2n) is 5.50. The zero-order valence-electron chi connectivity index (χ0n) is 12.9. The SMILES string of the molecule is Cc1ccc(NC(=O)c2c(C)nc3c(Cl)cc(Cl)cn23)cc1C. The van der Waals surface area contributed by atoms with Gasteiger partial charge in [-0.15, -0.1) is 0 Å². The number of fused-ring (bicyclic) bond motifs is 1. The van der Waals surface area contributed by atoms with Crippen LogP contribution in [0.5, 0.6) is 0 Å². The number of hydrogen-bond donors (Lipinski definition) is 1. The fourth-order valence-electron chi connectivity index (χ4n) is 2.47. The highest BCUT2D eigenvalue weighted by Gasteiger charge is 2.19. The number of benzene rings is 1. The molecule has 0 bridgehead atoms. The Hall–Kier alpha value is -2.04. The number of aromatic nitrogens is 2. The number of aryl methyl sites for hydroxylation is 3. The third-order valence-corrected chi connectivity index (χ3v) is 4.28. The van der Waals surface area contributed by atoms with Crippen LogP contribution in [0.15, 0.2) is 30.5 Å². The van der Waals surface area contributed by atoms with Crippen LogP contribution in [0.2, 0.25) is 10.0 Å². The molecule has 0 aliphatic rings. The minimum Gasteiger partial charge on any atom is -0.321 e. The van der Waals surface area contributed by atoms with Crippen molar-refractivity contribution >= 4 is 40.4 Å². The molecular weight excluding hydrogens is 333 g/mol. The molecule has 0 fully saturated rings. The first kappa shape index (κ1) is 15.8. The first-order chi connectivity index (χ1) is 10.9. The topological polar surface area (TPSA) is 46.4 Å². The van der Waals surface area contributed by atoms with E-state index in [1.807, 2.05) is 32.0 Å². The van der Waals surface area contributed by atoms with Gasteiger partial charge >= 0.3 is 0 Å². The number of imidazole rings is 1. The molecule has 6 heteroatoms. The van der Waals surface area contributed by atoms with E-state index < -0.39 is 0 Å². The molecule has 0 saturated carbocycles. The first-order valence-electron chi connectivity index (χ1n) is 7.09. The van der Waals surface area contributed by atoms with Gasteiger partial charge in [-0.1, -0.05) is 29.3 Å². The summed E-state index contributed by atoms with van der Waals surface area (Å²) in [4.78, 5) is 17.0. The fourth-order valence-corrected chi connectivity index (χ4v) is 2.98. The molecule has 0 spiro atoms. The van der Waals surface area contributed by atoms with Crippen LogP contribution in [0.25, 0.3) is 5.65 Å². The summed E-state index contributed by atoms with van der Waals surface area (Å²) in [6.07, 6.45) is 1.64. The molecule has 0 saturated heterocycles. The van der Waals surface area contributed by atoms with E-state index in [2.05, 4.69) is 10.3 Å². The van der Waals surface area contributed by atoms with Crippen molar-refractivity contribution in [1.29, 1.82) is 0 Å². The normalized spacial score (nSPS) is 11.0. The van der Waals surface area contributed by atoms with Crippen LogP contribution in [-0.4, -0.2) is 15.3 Å². The van der Waals surface area contributed by atoms with Crippen molar-refractivity contribution in [2.24, 2.45) is 0 Å². The number of pyridine rings is 1. The number of rotatable bonds is 2. The number of carbonyl (C=O) groups excluding carboxylic acids is 1. The van der Waals surface area contributed by atoms with Crippen molar-refractivity contribution in [2.75, 3.05) is 5.32 Å². The summed E-state index contributed by atoms with van der Waals surface area (Å²) in [6.45, 7) is 5.80. The Labute approximate surface area is 144 Å². The summed E-state index contributed by atoms with van der Waals surface area (Å²) in [7, 11) is 0. The number of carbonyl (C=O) groups is 1. The maximum Gasteiger partial charge on any atom is 0.274 e. The second kappa shape index (κ2) is 5.87. The average molecular weight is 348 g/mol. The summed E-state index contributed by atoms with van der Waals surface area (Å²) in [5.41, 5.74) is 4.55. The Morgan fingerprint density at radius 2 is 1.87 bits per heavy atom. The van der Waals surface area contributed by atoms with E-state index >= 15 is 0 Å². The zero-order valence-corrected chi connectivity index (χ0v) is 14.5. The van der Waals surface area contributed by atoms with Gasteiger partial charge in [0.05, 0.1) is 15.7 Å². The molecule has 1 amide bonds. The second-order valence-corrected chi connectivity index (χ2v) is 6.34. The van der Waals surface area contributed by atoms with Gasteiger partial charge in [-0.05, 0) is 50.1 Å². The van der Waals surface area contributed by atoms with Crippen LogP contribution in [0.1, 0.15) is 27.3 Å². The quantitative estimate of drug-likeness (QED) is 0.722. The van der Waals surface area contributed by atoms with E-state index in [1.165, 1.54) is 5.56 Å². The van der Waals surface area contributed by atoms with E-state index in [4.69, 9.17) is 23.2 Å². The van der Waals surface area contributed by atoms with E-state index in [0.29, 0.717) is 27.1 Å². The van der Waals surface area contributed by atoms with Crippen LogP contribution in [0.4, 0.5) is 5.69 Å². The van der Waals surface area contributed by atoms with Crippen LogP contribution in [0.3, 0.4) is 0 Å². The van der Waals surface area contributed by atoms with Crippen LogP contribution < -0.4 is 5.32 Å². The molecule has 2 aromatic heterocycles. The highest BCUT2D eigenvalue weighted by Crippen LogP contribution is 2.25. The average Bonchev–Trinajstić information content (AvgIpc) is 2.79. The molecular formula is C17H15Cl2N3O. The van der Waals surface area contributed by atoms with Gasteiger partial charge in [0.15, 0.2) is 5.65 Å². The third kappa shape index (κ3) is 2.92. The van der Waals surface area contributed by atoms with Gasteiger partial charge in [-0.25, -0.2) is 4.98 Å². The molecule has 1 aromatic carbocycles. The Morgan fingerprint density at radius 3 is 2.57 bits per heavy atom. The lowest BCUT2D eigenvalue weighted by molar-refractivity contribution is 0.102. The minimum atomic E-state index is -0.253. The molecule has 2 heterocycles. The van der Waals surface area contributed by atoms with Crippen molar-refractivity contribution in [3.8, 4) is 0 Å². The Bertz CT molecular complexity index is 931. The van der Waals surface area contributed by atoms with Crippen LogP contribution in [-0.2, 0) is 0 Å². The van der Waals surface area contributed by atoms with Crippen molar-refractivity contribution in [3.63, 3.8) is 0 Å². The maximum atomic E-state index is 12.7. The van der Waals surface area contributed by atoms with E-state index in [0.717, 1.165) is 11.3 Å². The van der Waals surface area contributed by atoms with E-state index in [1.54, 1.807) is 23.6 Å². The van der Waals surface area contributed by atoms with Crippen molar-refractivity contribution < 1.29 is 4.79 Å². The van der Waals surface area contributed by atoms with Gasteiger partial charge in [0.2, 0.25) is 0 Å². The number of nitrogens with zero attached hydrogens (tertiary/aromatic N) is 2. The largest absolute Gasteiger partial charge is 0.321 e. The minimum absolute atomic E-state index is 0.253. The van der Waals surface area contributed by atoms with Gasteiger partial charge < -0.3 is 5.32 Å². The van der Waals surface area contributed by atoms with E-state index in [-0.39, 0.29) is 5.91 Å². The van der Waals surface area contributed by atoms with Gasteiger partial charge in [0, 0.05) is 11.9 Å². The standard InChI is InChI=1S/C17H15Cl2N3O/c1-9-4-5-13(6-10(9)2)21-17(23)15-11(3)20-16-14(19)7-12(18)8-22(15)16/h4-8H,1-3H3,(H,21,23). The third-order valence-electron chi connectivity index (χ3n) is 3.80. The Kier molecular flexibility index (Phi) is 4.04. The van der Waals surface area contributed by atoms with Gasteiger partial charge in [0.1, 0.15) is 5.69 Å². The highest BCUT2D eigenvalue weighted by molar-refractivity contribution is 6.36. The molecule has 23 heavy (non-hydrogen) atoms. The molecule has 1 N–H and O–H groups in total. The molecule has 0 unspecified atom stereocenters. The lowest BCUT2D eigenvalue weighted by Crippen LogP contribution is -2.15. The molecule has 3 aromatic rings. The van der Waals surface area contributed by atoms with Crippen molar-refractivity contribution in [2.45, 2.75) is 20.8 Å². The predicted molar refractivity (Wildman–Crippen MR) is 93.8 cm³/mol. The Balaban J connectivity index is 2.04. The monoisotopic (exact) mass is 347 g/mol. The number of amides is 1. The number of nitrogens with one attached hydrogen (secondary N) is 1. The Morgan fingerprint density at radius 1 is 1.13 bits per heavy atom. The summed E-state index contributed by atoms with van der Waals surface area (Å²) in [5.74, 6) is -0.253. The summed E-state index contributed by atoms with van der Waals surface area (Å²) in [6, 6.07) is 7.39. The van der Waals surface area contributed by atoms with Crippen LogP contribution in [0, 0.1) is 20.8 Å². The lowest BCUT2D eigenvalue weighted by atomic mass is 10.1. The number of anilines is 1. The smallest absolute Gasteiger partial charge is 0.274 e. The van der Waals surface area contributed by atoms with Gasteiger partial charge in [-0.2, -0.15) is 0 Å². The van der Waals surface area contributed by atoms with Gasteiger partial charge in [0.25, 0.3) is 5.91 Å². The number of hydrogen-bond acceptors (Lipinski definition) is 2. The van der Waals surface area contributed by atoms with Crippen molar-refractivity contribution in [3.05, 3.63) is 63.0 Å². The predicted octanol–water partition coefficient (Wildman–Crippen LogP) is 4.82. The molecule has 3 rings (SSSR count). The number of halogens is 2. The van der Waals surface area contributed by atoms with Crippen LogP contribution >= 0.6 is 23.2 Å². The molecule has 118 valence electrons. The van der Waals surface area contributed by atoms with Crippen molar-refractivity contribution in [1.82, 2.24) is 9.38 Å². The highest BCUT2D eigenvalue weighted by atomic mass is 35.5. The maximum absolute atomic E-state index is 12.7. The molecule has 0 atom stereocenters. The van der Waals surface area contributed by atoms with Gasteiger partial charge in [-0.3, -0.25) is 9.20 Å².